The number of rotatable bonds is 5. The smallest absolute Gasteiger partial charge is 0.216 e. The van der Waals surface area contributed by atoms with Crippen molar-refractivity contribution in [2.75, 3.05) is 6.54 Å². The van der Waals surface area contributed by atoms with Gasteiger partial charge in [0.1, 0.15) is 0 Å². The highest BCUT2D eigenvalue weighted by atomic mass is 32.1. The molecular formula is C13H14N2OS. The molecule has 0 unspecified atom stereocenters. The Labute approximate surface area is 106 Å². The number of para-hydroxylation sites is 1. The molecule has 17 heavy (non-hydrogen) atoms. The zero-order valence-electron chi connectivity index (χ0n) is 9.64. The predicted molar refractivity (Wildman–Crippen MR) is 73.5 cm³/mol. The molecular weight excluding hydrogens is 232 g/mol. The molecule has 0 atom stereocenters. The van der Waals surface area contributed by atoms with Crippen LogP contribution in [0.25, 0.3) is 6.08 Å². The maximum atomic E-state index is 10.6. The van der Waals surface area contributed by atoms with Gasteiger partial charge in [-0.15, -0.1) is 0 Å². The molecule has 0 saturated carbocycles. The SMILES string of the molecule is CC(=O)NCCC=Cc1ccccc1N=C=S. The first kappa shape index (κ1) is 13.3. The molecule has 0 spiro atoms. The Kier molecular flexibility index (Phi) is 5.86. The Morgan fingerprint density at radius 3 is 3.00 bits per heavy atom. The number of hydrogen-bond acceptors (Lipinski definition) is 3. The van der Waals surface area contributed by atoms with Gasteiger partial charge in [0.2, 0.25) is 5.91 Å². The van der Waals surface area contributed by atoms with Crippen molar-refractivity contribution in [1.82, 2.24) is 5.32 Å². The monoisotopic (exact) mass is 246 g/mol. The summed E-state index contributed by atoms with van der Waals surface area (Å²) in [6.45, 7) is 2.15. The van der Waals surface area contributed by atoms with E-state index < -0.39 is 0 Å². The highest BCUT2D eigenvalue weighted by Gasteiger charge is 1.94. The molecule has 0 bridgehead atoms. The molecule has 4 heteroatoms. The third-order valence-electron chi connectivity index (χ3n) is 2.09. The van der Waals surface area contributed by atoms with Crippen molar-refractivity contribution in [3.05, 3.63) is 35.9 Å². The molecule has 0 aliphatic heterocycles. The average Bonchev–Trinajstić information content (AvgIpc) is 2.31. The summed E-state index contributed by atoms with van der Waals surface area (Å²) in [5, 5.41) is 5.09. The second kappa shape index (κ2) is 7.49. The van der Waals surface area contributed by atoms with Crippen LogP contribution in [0.3, 0.4) is 0 Å². The fourth-order valence-corrected chi connectivity index (χ4v) is 1.42. The summed E-state index contributed by atoms with van der Waals surface area (Å²) in [6.07, 6.45) is 4.75. The number of carbonyl (C=O) groups excluding carboxylic acids is 1. The van der Waals surface area contributed by atoms with Crippen molar-refractivity contribution in [3.63, 3.8) is 0 Å². The minimum absolute atomic E-state index is 0.0101. The average molecular weight is 246 g/mol. The van der Waals surface area contributed by atoms with E-state index >= 15 is 0 Å². The minimum atomic E-state index is -0.0101. The molecule has 0 saturated heterocycles. The molecule has 1 N–H and O–H groups in total. The molecule has 0 aromatic heterocycles. The Balaban J connectivity index is 2.58. The molecule has 1 aromatic carbocycles. The van der Waals surface area contributed by atoms with Crippen LogP contribution in [0, 0.1) is 0 Å². The van der Waals surface area contributed by atoms with E-state index in [2.05, 4.69) is 27.7 Å². The second-order valence-electron chi connectivity index (χ2n) is 3.44. The lowest BCUT2D eigenvalue weighted by Crippen LogP contribution is -2.20. The molecule has 1 rings (SSSR count). The molecule has 0 fully saturated rings. The minimum Gasteiger partial charge on any atom is -0.356 e. The van der Waals surface area contributed by atoms with Gasteiger partial charge in [0.15, 0.2) is 0 Å². The molecule has 88 valence electrons. The number of aliphatic imine (C=N–C) groups is 1. The van der Waals surface area contributed by atoms with Gasteiger partial charge in [-0.3, -0.25) is 4.79 Å². The maximum absolute atomic E-state index is 10.6. The maximum Gasteiger partial charge on any atom is 0.216 e. The van der Waals surface area contributed by atoms with E-state index in [1.54, 1.807) is 0 Å². The second-order valence-corrected chi connectivity index (χ2v) is 3.62. The molecule has 0 aliphatic rings. The van der Waals surface area contributed by atoms with Gasteiger partial charge in [0.25, 0.3) is 0 Å². The van der Waals surface area contributed by atoms with Crippen LogP contribution in [-0.4, -0.2) is 17.6 Å². The number of hydrogen-bond donors (Lipinski definition) is 1. The van der Waals surface area contributed by atoms with Gasteiger partial charge in [-0.1, -0.05) is 30.4 Å². The largest absolute Gasteiger partial charge is 0.356 e. The Bertz CT molecular complexity index is 462. The van der Waals surface area contributed by atoms with Gasteiger partial charge in [-0.25, -0.2) is 0 Å². The zero-order valence-corrected chi connectivity index (χ0v) is 10.5. The third kappa shape index (κ3) is 5.20. The van der Waals surface area contributed by atoms with Gasteiger partial charge in [0.05, 0.1) is 10.8 Å². The summed E-state index contributed by atoms with van der Waals surface area (Å²) in [6, 6.07) is 7.68. The summed E-state index contributed by atoms with van der Waals surface area (Å²) < 4.78 is 0. The van der Waals surface area contributed by atoms with E-state index in [0.717, 1.165) is 17.7 Å². The molecule has 3 nitrogen and oxygen atoms in total. The first-order valence-electron chi connectivity index (χ1n) is 5.32. The van der Waals surface area contributed by atoms with Crippen molar-refractivity contribution in [3.8, 4) is 0 Å². The Morgan fingerprint density at radius 1 is 1.53 bits per heavy atom. The number of nitrogens with zero attached hydrogens (tertiary/aromatic N) is 1. The van der Waals surface area contributed by atoms with Gasteiger partial charge >= 0.3 is 0 Å². The van der Waals surface area contributed by atoms with Gasteiger partial charge in [-0.05, 0) is 24.7 Å². The first-order chi connectivity index (χ1) is 8.24. The van der Waals surface area contributed by atoms with Crippen molar-refractivity contribution < 1.29 is 4.79 Å². The van der Waals surface area contributed by atoms with Crippen molar-refractivity contribution in [1.29, 1.82) is 0 Å². The van der Waals surface area contributed by atoms with Crippen molar-refractivity contribution in [2.24, 2.45) is 4.99 Å². The van der Waals surface area contributed by atoms with Crippen LogP contribution >= 0.6 is 12.2 Å². The van der Waals surface area contributed by atoms with Crippen LogP contribution < -0.4 is 5.32 Å². The van der Waals surface area contributed by atoms with Crippen molar-refractivity contribution >= 4 is 35.0 Å². The van der Waals surface area contributed by atoms with E-state index in [-0.39, 0.29) is 5.91 Å². The summed E-state index contributed by atoms with van der Waals surface area (Å²) in [4.78, 5) is 14.6. The quantitative estimate of drug-likeness (QED) is 0.493. The van der Waals surface area contributed by atoms with Crippen LogP contribution in [0.4, 0.5) is 5.69 Å². The Hall–Kier alpha value is -1.77. The fourth-order valence-electron chi connectivity index (χ4n) is 1.32. The standard InChI is InChI=1S/C13H14N2OS/c1-11(16)14-9-5-4-7-12-6-2-3-8-13(12)15-10-17/h2-4,6-8H,5,9H2,1H3,(H,14,16). The van der Waals surface area contributed by atoms with Gasteiger partial charge in [0, 0.05) is 19.0 Å². The third-order valence-corrected chi connectivity index (χ3v) is 2.18. The first-order valence-corrected chi connectivity index (χ1v) is 5.72. The van der Waals surface area contributed by atoms with Crippen LogP contribution in [0.5, 0.6) is 0 Å². The Morgan fingerprint density at radius 2 is 2.29 bits per heavy atom. The summed E-state index contributed by atoms with van der Waals surface area (Å²) in [5.41, 5.74) is 1.80. The molecule has 0 aliphatic carbocycles. The van der Waals surface area contributed by atoms with Crippen LogP contribution in [0.1, 0.15) is 18.9 Å². The van der Waals surface area contributed by atoms with Crippen LogP contribution in [-0.2, 0) is 4.79 Å². The van der Waals surface area contributed by atoms with E-state index in [4.69, 9.17) is 0 Å². The lowest BCUT2D eigenvalue weighted by molar-refractivity contribution is -0.118. The molecule has 0 radical (unpaired) electrons. The summed E-state index contributed by atoms with van der Waals surface area (Å²) in [5.74, 6) is -0.0101. The fraction of sp³-hybridized carbons (Fsp3) is 0.231. The number of benzene rings is 1. The number of nitrogens with one attached hydrogen (secondary N) is 1. The van der Waals surface area contributed by atoms with E-state index in [9.17, 15) is 4.79 Å². The number of isothiocyanates is 1. The number of thiocarbonyl (C=S) groups is 1. The lowest BCUT2D eigenvalue weighted by Gasteiger charge is -1.99. The van der Waals surface area contributed by atoms with Gasteiger partial charge in [-0.2, -0.15) is 4.99 Å². The molecule has 1 aromatic rings. The molecule has 1 amide bonds. The summed E-state index contributed by atoms with van der Waals surface area (Å²) >= 11 is 4.59. The predicted octanol–water partition coefficient (Wildman–Crippen LogP) is 2.96. The summed E-state index contributed by atoms with van der Waals surface area (Å²) in [7, 11) is 0. The van der Waals surface area contributed by atoms with E-state index in [1.807, 2.05) is 36.4 Å². The highest BCUT2D eigenvalue weighted by Crippen LogP contribution is 2.19. The van der Waals surface area contributed by atoms with E-state index in [1.165, 1.54) is 6.92 Å². The topological polar surface area (TPSA) is 41.5 Å². The lowest BCUT2D eigenvalue weighted by atomic mass is 10.1. The highest BCUT2D eigenvalue weighted by molar-refractivity contribution is 7.78. The number of carbonyl (C=O) groups is 1. The van der Waals surface area contributed by atoms with Crippen LogP contribution in [0.2, 0.25) is 0 Å². The van der Waals surface area contributed by atoms with Crippen molar-refractivity contribution in [2.45, 2.75) is 13.3 Å². The number of amides is 1. The van der Waals surface area contributed by atoms with Gasteiger partial charge < -0.3 is 5.32 Å². The van der Waals surface area contributed by atoms with E-state index in [0.29, 0.717) is 6.54 Å². The normalized spacial score (nSPS) is 9.94. The van der Waals surface area contributed by atoms with Crippen LogP contribution in [0.15, 0.2) is 35.3 Å². The molecule has 0 heterocycles. The zero-order chi connectivity index (χ0) is 12.5.